The van der Waals surface area contributed by atoms with Crippen LogP contribution in [0.5, 0.6) is 5.75 Å². The van der Waals surface area contributed by atoms with Crippen molar-refractivity contribution in [2.45, 2.75) is 52.2 Å². The lowest BCUT2D eigenvalue weighted by molar-refractivity contribution is 0.102. The molecule has 0 aliphatic heterocycles. The molecular formula is C18H24BrN2O2S+. The molecule has 1 heterocycles. The minimum atomic E-state index is -0.318. The molecule has 2 rings (SSSR count). The van der Waals surface area contributed by atoms with Crippen molar-refractivity contribution in [2.75, 3.05) is 5.32 Å². The van der Waals surface area contributed by atoms with Gasteiger partial charge in [0.25, 0.3) is 5.91 Å². The zero-order valence-corrected chi connectivity index (χ0v) is 16.9. The van der Waals surface area contributed by atoms with E-state index in [4.69, 9.17) is 4.98 Å². The Bertz CT molecular complexity index is 741. The van der Waals surface area contributed by atoms with Gasteiger partial charge in [0, 0.05) is 20.9 Å². The van der Waals surface area contributed by atoms with Crippen LogP contribution in [-0.4, -0.2) is 16.0 Å². The molecule has 1 unspecified atom stereocenters. The van der Waals surface area contributed by atoms with Crippen LogP contribution in [0.3, 0.4) is 0 Å². The van der Waals surface area contributed by atoms with E-state index in [-0.39, 0.29) is 27.7 Å². The lowest BCUT2D eigenvalue weighted by Crippen LogP contribution is -2.12. The monoisotopic (exact) mass is 411 g/mol. The molecule has 6 heteroatoms. The number of aryl methyl sites for hydroxylation is 1. The zero-order valence-electron chi connectivity index (χ0n) is 14.5. The number of rotatable bonds is 6. The summed E-state index contributed by atoms with van der Waals surface area (Å²) in [4.78, 5) is 18.7. The maximum atomic E-state index is 12.6. The van der Waals surface area contributed by atoms with Gasteiger partial charge in [-0.15, -0.1) is 0 Å². The predicted molar refractivity (Wildman–Crippen MR) is 104 cm³/mol. The highest BCUT2D eigenvalue weighted by Crippen LogP contribution is 2.42. The van der Waals surface area contributed by atoms with Crippen LogP contribution < -0.4 is 5.32 Å². The molecule has 0 bridgehead atoms. The molecule has 0 saturated carbocycles. The standard InChI is InChI=1S/C18H23BrN2O2S/c1-5-9-24-16(11(3)4)14(6-2)20-18(24)21-17(23)13-10-12(19)7-8-15(13)22/h7-8,10-11H,5-6,9H2,1-4H3,(H-,20,21,22,23)/p+1. The molecule has 0 radical (unpaired) electrons. The quantitative estimate of drug-likeness (QED) is 0.603. The summed E-state index contributed by atoms with van der Waals surface area (Å²) in [6.07, 6.45) is 1.90. The third kappa shape index (κ3) is 3.98. The van der Waals surface area contributed by atoms with Crippen molar-refractivity contribution in [2.24, 2.45) is 0 Å². The van der Waals surface area contributed by atoms with E-state index in [1.54, 1.807) is 12.1 Å². The fraction of sp³-hybridized carbons (Fsp3) is 0.444. The lowest BCUT2D eigenvalue weighted by atomic mass is 10.1. The van der Waals surface area contributed by atoms with Crippen molar-refractivity contribution in [1.29, 1.82) is 0 Å². The fourth-order valence-corrected chi connectivity index (χ4v) is 5.58. The van der Waals surface area contributed by atoms with Gasteiger partial charge in [0.05, 0.1) is 5.56 Å². The van der Waals surface area contributed by atoms with Crippen LogP contribution in [0.2, 0.25) is 0 Å². The minimum Gasteiger partial charge on any atom is -0.507 e. The Morgan fingerprint density at radius 2 is 2.08 bits per heavy atom. The molecule has 0 fully saturated rings. The number of thiazole rings is 1. The SMILES string of the molecule is CCC[s+]1c(NC(=O)c2cc(Br)ccc2O)nc(CC)c1C(C)C. The number of phenols is 1. The number of benzene rings is 1. The summed E-state index contributed by atoms with van der Waals surface area (Å²) < 4.78 is 0.751. The topological polar surface area (TPSA) is 62.2 Å². The van der Waals surface area contributed by atoms with Gasteiger partial charge >= 0.3 is 5.13 Å². The molecule has 1 atom stereocenters. The molecule has 4 nitrogen and oxygen atoms in total. The second-order valence-electron chi connectivity index (χ2n) is 5.95. The maximum absolute atomic E-state index is 12.6. The van der Waals surface area contributed by atoms with E-state index in [0.29, 0.717) is 5.92 Å². The van der Waals surface area contributed by atoms with Gasteiger partial charge in [0.2, 0.25) is 0 Å². The average molecular weight is 412 g/mol. The smallest absolute Gasteiger partial charge is 0.347 e. The zero-order chi connectivity index (χ0) is 17.9. The van der Waals surface area contributed by atoms with E-state index in [0.717, 1.165) is 33.9 Å². The molecule has 2 N–H and O–H groups in total. The minimum absolute atomic E-state index is 0.0302. The van der Waals surface area contributed by atoms with Crippen LogP contribution in [0.25, 0.3) is 0 Å². The molecule has 130 valence electrons. The molecular weight excluding hydrogens is 388 g/mol. The largest absolute Gasteiger partial charge is 0.507 e. The van der Waals surface area contributed by atoms with Gasteiger partial charge < -0.3 is 5.11 Å². The van der Waals surface area contributed by atoms with E-state index in [9.17, 15) is 9.90 Å². The fourth-order valence-electron chi connectivity index (χ4n) is 2.71. The van der Waals surface area contributed by atoms with Crippen LogP contribution in [-0.2, 0) is 12.2 Å². The summed E-state index contributed by atoms with van der Waals surface area (Å²) in [6, 6.07) is 4.83. The number of carbonyl (C=O) groups is 1. The second-order valence-corrected chi connectivity index (χ2v) is 8.88. The predicted octanol–water partition coefficient (Wildman–Crippen LogP) is 5.65. The molecule has 0 aliphatic carbocycles. The Labute approximate surface area is 154 Å². The van der Waals surface area contributed by atoms with E-state index in [1.807, 2.05) is 0 Å². The lowest BCUT2D eigenvalue weighted by Gasteiger charge is -2.05. The first kappa shape index (κ1) is 18.9. The van der Waals surface area contributed by atoms with Gasteiger partial charge in [-0.25, -0.2) is 0 Å². The summed E-state index contributed by atoms with van der Waals surface area (Å²) >= 11 is 3.34. The van der Waals surface area contributed by atoms with Crippen LogP contribution in [0.15, 0.2) is 22.7 Å². The number of hydrogen-bond acceptors (Lipinski definition) is 3. The van der Waals surface area contributed by atoms with Crippen LogP contribution >= 0.6 is 26.4 Å². The van der Waals surface area contributed by atoms with Crippen molar-refractivity contribution in [1.82, 2.24) is 4.98 Å². The number of hydrogen-bond donors (Lipinski definition) is 2. The first-order chi connectivity index (χ1) is 11.4. The number of phenolic OH excluding ortho intramolecular Hbond substituents is 1. The number of aromatic hydroxyl groups is 1. The van der Waals surface area contributed by atoms with Crippen molar-refractivity contribution in [3.05, 3.63) is 38.8 Å². The average Bonchev–Trinajstić information content (AvgIpc) is 2.87. The number of halogens is 1. The molecule has 2 aromatic rings. The van der Waals surface area contributed by atoms with E-state index >= 15 is 0 Å². The van der Waals surface area contributed by atoms with Crippen LogP contribution in [0.4, 0.5) is 5.13 Å². The molecule has 1 aromatic carbocycles. The summed E-state index contributed by atoms with van der Waals surface area (Å²) in [5.74, 6) is 1.05. The van der Waals surface area contributed by atoms with Gasteiger partial charge in [-0.1, -0.05) is 43.6 Å². The summed E-state index contributed by atoms with van der Waals surface area (Å²) in [5.41, 5.74) is 1.35. The Morgan fingerprint density at radius 3 is 2.67 bits per heavy atom. The highest BCUT2D eigenvalue weighted by Gasteiger charge is 2.30. The van der Waals surface area contributed by atoms with E-state index in [1.165, 1.54) is 10.9 Å². The molecule has 0 aliphatic rings. The van der Waals surface area contributed by atoms with Gasteiger partial charge in [-0.2, -0.15) is 4.98 Å². The van der Waals surface area contributed by atoms with Gasteiger partial charge in [-0.05, 0) is 31.0 Å². The summed E-state index contributed by atoms with van der Waals surface area (Å²) in [6.45, 7) is 8.61. The number of nitrogens with zero attached hydrogens (tertiary/aromatic N) is 1. The highest BCUT2D eigenvalue weighted by atomic mass is 79.9. The highest BCUT2D eigenvalue weighted by molar-refractivity contribution is 9.10. The number of carbonyl (C=O) groups excluding carboxylic acids is 1. The van der Waals surface area contributed by atoms with Crippen molar-refractivity contribution in [3.8, 4) is 5.75 Å². The van der Waals surface area contributed by atoms with E-state index in [2.05, 4.69) is 48.9 Å². The number of aromatic nitrogens is 1. The van der Waals surface area contributed by atoms with E-state index < -0.39 is 0 Å². The van der Waals surface area contributed by atoms with Gasteiger partial charge in [0.1, 0.15) is 17.2 Å². The third-order valence-electron chi connectivity index (χ3n) is 3.71. The first-order valence-corrected chi connectivity index (χ1v) is 10.4. The summed E-state index contributed by atoms with van der Waals surface area (Å²) in [7, 11) is -0.165. The number of amides is 1. The van der Waals surface area contributed by atoms with Crippen molar-refractivity contribution >= 4 is 37.4 Å². The number of anilines is 1. The molecule has 0 saturated heterocycles. The maximum Gasteiger partial charge on any atom is 0.347 e. The van der Waals surface area contributed by atoms with Crippen molar-refractivity contribution in [3.63, 3.8) is 0 Å². The Kier molecular flexibility index (Phi) is 6.40. The van der Waals surface area contributed by atoms with Crippen LogP contribution in [0, 0.1) is 0 Å². The molecule has 0 spiro atoms. The van der Waals surface area contributed by atoms with Gasteiger partial charge in [-0.3, -0.25) is 10.1 Å². The molecule has 1 aromatic heterocycles. The Hall–Kier alpha value is -1.40. The third-order valence-corrected chi connectivity index (χ3v) is 6.92. The van der Waals surface area contributed by atoms with Gasteiger partial charge in [0.15, 0.2) is 4.88 Å². The molecule has 24 heavy (non-hydrogen) atoms. The summed E-state index contributed by atoms with van der Waals surface area (Å²) in [5, 5.41) is 13.6. The normalized spacial score (nSPS) is 11.8. The number of nitrogens with one attached hydrogen (secondary N) is 1. The molecule has 1 amide bonds. The van der Waals surface area contributed by atoms with Crippen LogP contribution in [0.1, 0.15) is 61.0 Å². The first-order valence-electron chi connectivity index (χ1n) is 8.21. The second kappa shape index (κ2) is 8.12. The Balaban J connectivity index is 2.41. The Morgan fingerprint density at radius 1 is 1.38 bits per heavy atom. The van der Waals surface area contributed by atoms with Crippen molar-refractivity contribution < 1.29 is 9.90 Å².